The van der Waals surface area contributed by atoms with Crippen molar-refractivity contribution in [3.63, 3.8) is 0 Å². The number of nitrogens with two attached hydrogens (primary N) is 1. The fraction of sp³-hybridized carbons (Fsp3) is 0.0769. The molecule has 0 spiro atoms. The maximum absolute atomic E-state index is 13.4. The Morgan fingerprint density at radius 2 is 1.61 bits per heavy atom. The van der Waals surface area contributed by atoms with Crippen molar-refractivity contribution in [1.29, 1.82) is 0 Å². The molecule has 1 unspecified atom stereocenters. The lowest BCUT2D eigenvalue weighted by Gasteiger charge is -2.13. The Kier molecular flexibility index (Phi) is 4.28. The van der Waals surface area contributed by atoms with Gasteiger partial charge in [-0.2, -0.15) is 0 Å². The zero-order chi connectivity index (χ0) is 13.3. The number of hydrogen-bond acceptors (Lipinski definition) is 1. The van der Waals surface area contributed by atoms with Crippen LogP contribution < -0.4 is 5.73 Å². The molecule has 2 aromatic rings. The molecule has 0 heterocycles. The third-order valence-corrected chi connectivity index (χ3v) is 3.99. The minimum absolute atomic E-state index is 0.344. The van der Waals surface area contributed by atoms with E-state index in [4.69, 9.17) is 28.9 Å². The maximum Gasteiger partial charge on any atom is 0.137 e. The lowest BCUT2D eigenvalue weighted by molar-refractivity contribution is 0.617. The van der Waals surface area contributed by atoms with E-state index in [2.05, 4.69) is 15.9 Å². The van der Waals surface area contributed by atoms with Crippen molar-refractivity contribution in [1.82, 2.24) is 0 Å². The molecule has 0 saturated carbocycles. The first kappa shape index (κ1) is 13.8. The summed E-state index contributed by atoms with van der Waals surface area (Å²) in [7, 11) is 0. The lowest BCUT2D eigenvalue weighted by Crippen LogP contribution is -2.12. The summed E-state index contributed by atoms with van der Waals surface area (Å²) >= 11 is 14.9. The molecule has 5 heteroatoms. The second-order valence-corrected chi connectivity index (χ2v) is 5.49. The van der Waals surface area contributed by atoms with Crippen molar-refractivity contribution < 1.29 is 4.39 Å². The molecule has 1 atom stereocenters. The van der Waals surface area contributed by atoms with E-state index in [1.165, 1.54) is 6.07 Å². The highest BCUT2D eigenvalue weighted by Crippen LogP contribution is 2.28. The molecule has 0 amide bonds. The topological polar surface area (TPSA) is 26.0 Å². The van der Waals surface area contributed by atoms with Gasteiger partial charge in [-0.25, -0.2) is 4.39 Å². The number of halogens is 4. The minimum atomic E-state index is -0.442. The van der Waals surface area contributed by atoms with Crippen LogP contribution in [-0.4, -0.2) is 0 Å². The van der Waals surface area contributed by atoms with E-state index >= 15 is 0 Å². The van der Waals surface area contributed by atoms with Gasteiger partial charge in [-0.3, -0.25) is 0 Å². The van der Waals surface area contributed by atoms with Crippen LogP contribution >= 0.6 is 39.1 Å². The van der Waals surface area contributed by atoms with Crippen LogP contribution in [0.15, 0.2) is 40.9 Å². The van der Waals surface area contributed by atoms with Crippen molar-refractivity contribution in [2.45, 2.75) is 6.04 Å². The second-order valence-electron chi connectivity index (χ2n) is 3.82. The Morgan fingerprint density at radius 1 is 1.00 bits per heavy atom. The Hall–Kier alpha value is -0.610. The van der Waals surface area contributed by atoms with Crippen LogP contribution in [0.1, 0.15) is 17.2 Å². The smallest absolute Gasteiger partial charge is 0.137 e. The summed E-state index contributed by atoms with van der Waals surface area (Å²) in [4.78, 5) is 0. The monoisotopic (exact) mass is 347 g/mol. The van der Waals surface area contributed by atoms with E-state index in [9.17, 15) is 4.39 Å². The van der Waals surface area contributed by atoms with Gasteiger partial charge in [0, 0.05) is 0 Å². The van der Waals surface area contributed by atoms with Gasteiger partial charge >= 0.3 is 0 Å². The summed E-state index contributed by atoms with van der Waals surface area (Å²) in [6.07, 6.45) is 0. The van der Waals surface area contributed by atoms with Gasteiger partial charge in [0.05, 0.1) is 20.6 Å². The van der Waals surface area contributed by atoms with Gasteiger partial charge in [-0.15, -0.1) is 0 Å². The normalized spacial score (nSPS) is 12.5. The van der Waals surface area contributed by atoms with Crippen LogP contribution in [0.5, 0.6) is 0 Å². The van der Waals surface area contributed by atoms with Crippen molar-refractivity contribution in [2.75, 3.05) is 0 Å². The zero-order valence-electron chi connectivity index (χ0n) is 9.13. The summed E-state index contributed by atoms with van der Waals surface area (Å²) in [6.45, 7) is 0. The second kappa shape index (κ2) is 5.57. The fourth-order valence-corrected chi connectivity index (χ4v) is 2.16. The Bertz CT molecular complexity index is 538. The van der Waals surface area contributed by atoms with Gasteiger partial charge in [0.1, 0.15) is 5.82 Å². The Morgan fingerprint density at radius 3 is 2.22 bits per heavy atom. The molecule has 0 fully saturated rings. The molecule has 0 aliphatic rings. The molecule has 18 heavy (non-hydrogen) atoms. The molecule has 2 aromatic carbocycles. The molecule has 0 aromatic heterocycles. The van der Waals surface area contributed by atoms with Crippen molar-refractivity contribution in [2.24, 2.45) is 5.73 Å². The average Bonchev–Trinajstić information content (AvgIpc) is 2.35. The van der Waals surface area contributed by atoms with Gasteiger partial charge in [0.25, 0.3) is 0 Å². The van der Waals surface area contributed by atoms with E-state index in [0.29, 0.717) is 20.1 Å². The quantitative estimate of drug-likeness (QED) is 0.816. The number of benzene rings is 2. The van der Waals surface area contributed by atoms with E-state index < -0.39 is 6.04 Å². The molecular formula is C13H9BrCl2FN. The molecule has 0 bridgehead atoms. The summed E-state index contributed by atoms with van der Waals surface area (Å²) in [5.41, 5.74) is 7.53. The van der Waals surface area contributed by atoms with E-state index in [0.717, 1.165) is 5.56 Å². The molecule has 0 aliphatic heterocycles. The Labute approximate surface area is 123 Å². The minimum Gasteiger partial charge on any atom is -0.320 e. The third-order valence-electron chi connectivity index (χ3n) is 2.61. The highest BCUT2D eigenvalue weighted by Gasteiger charge is 2.12. The molecule has 1 nitrogen and oxygen atoms in total. The first-order valence-corrected chi connectivity index (χ1v) is 6.69. The summed E-state index contributed by atoms with van der Waals surface area (Å²) < 4.78 is 13.9. The third kappa shape index (κ3) is 2.86. The number of hydrogen-bond donors (Lipinski definition) is 1. The molecule has 2 rings (SSSR count). The van der Waals surface area contributed by atoms with Crippen LogP contribution in [-0.2, 0) is 0 Å². The first-order chi connectivity index (χ1) is 8.49. The average molecular weight is 349 g/mol. The molecule has 94 valence electrons. The van der Waals surface area contributed by atoms with Gasteiger partial charge in [0.15, 0.2) is 0 Å². The standard InChI is InChI=1S/C13H9BrCl2FN/c14-9-3-1-8(6-12(9)17)13(18)7-2-4-10(15)11(16)5-7/h1-6,13H,18H2. The van der Waals surface area contributed by atoms with Crippen molar-refractivity contribution in [3.8, 4) is 0 Å². The van der Waals surface area contributed by atoms with Gasteiger partial charge in [-0.05, 0) is 51.3 Å². The van der Waals surface area contributed by atoms with Crippen molar-refractivity contribution >= 4 is 39.1 Å². The molecule has 2 N–H and O–H groups in total. The summed E-state index contributed by atoms with van der Waals surface area (Å²) in [5, 5.41) is 0.900. The van der Waals surface area contributed by atoms with E-state index in [1.807, 2.05) is 0 Å². The van der Waals surface area contributed by atoms with E-state index in [1.54, 1.807) is 30.3 Å². The highest BCUT2D eigenvalue weighted by atomic mass is 79.9. The van der Waals surface area contributed by atoms with Crippen LogP contribution in [0, 0.1) is 5.82 Å². The molecule has 0 radical (unpaired) electrons. The fourth-order valence-electron chi connectivity index (χ4n) is 1.60. The first-order valence-electron chi connectivity index (χ1n) is 5.14. The zero-order valence-corrected chi connectivity index (χ0v) is 12.2. The Balaban J connectivity index is 2.37. The molecule has 0 saturated heterocycles. The SMILES string of the molecule is NC(c1ccc(Br)c(F)c1)c1ccc(Cl)c(Cl)c1. The van der Waals surface area contributed by atoms with Crippen LogP contribution in [0.4, 0.5) is 4.39 Å². The highest BCUT2D eigenvalue weighted by molar-refractivity contribution is 9.10. The molecular weight excluding hydrogens is 340 g/mol. The summed E-state index contributed by atoms with van der Waals surface area (Å²) in [5.74, 6) is -0.344. The van der Waals surface area contributed by atoms with E-state index in [-0.39, 0.29) is 5.82 Å². The van der Waals surface area contributed by atoms with Crippen LogP contribution in [0.3, 0.4) is 0 Å². The van der Waals surface area contributed by atoms with Crippen LogP contribution in [0.25, 0.3) is 0 Å². The maximum atomic E-state index is 13.4. The largest absolute Gasteiger partial charge is 0.320 e. The lowest BCUT2D eigenvalue weighted by atomic mass is 10.00. The number of rotatable bonds is 2. The van der Waals surface area contributed by atoms with Crippen LogP contribution in [0.2, 0.25) is 10.0 Å². The predicted octanol–water partition coefficient (Wildman–Crippen LogP) is 4.94. The van der Waals surface area contributed by atoms with Gasteiger partial charge in [0.2, 0.25) is 0 Å². The molecule has 0 aliphatic carbocycles. The van der Waals surface area contributed by atoms with Gasteiger partial charge < -0.3 is 5.73 Å². The predicted molar refractivity (Wildman–Crippen MR) is 76.6 cm³/mol. The summed E-state index contributed by atoms with van der Waals surface area (Å²) in [6, 6.07) is 9.49. The van der Waals surface area contributed by atoms with Gasteiger partial charge in [-0.1, -0.05) is 35.3 Å². The van der Waals surface area contributed by atoms with Crippen molar-refractivity contribution in [3.05, 3.63) is 67.9 Å².